The summed E-state index contributed by atoms with van der Waals surface area (Å²) in [7, 11) is 0. The highest BCUT2D eigenvalue weighted by Crippen LogP contribution is 2.15. The van der Waals surface area contributed by atoms with Crippen LogP contribution in [0, 0.1) is 0 Å². The lowest BCUT2D eigenvalue weighted by molar-refractivity contribution is 0.301. The van der Waals surface area contributed by atoms with E-state index in [1.807, 2.05) is 53.5 Å². The summed E-state index contributed by atoms with van der Waals surface area (Å²) in [6.07, 6.45) is 5.59. The minimum Gasteiger partial charge on any atom is -0.487 e. The molecule has 2 atom stereocenters. The van der Waals surface area contributed by atoms with E-state index in [1.165, 1.54) is 5.56 Å². The predicted molar refractivity (Wildman–Crippen MR) is 98.3 cm³/mol. The molecule has 0 aliphatic rings. The van der Waals surface area contributed by atoms with Gasteiger partial charge in [-0.3, -0.25) is 9.67 Å². The third kappa shape index (κ3) is 4.90. The largest absolute Gasteiger partial charge is 0.487 e. The molecule has 1 aromatic carbocycles. The van der Waals surface area contributed by atoms with Crippen molar-refractivity contribution in [2.75, 3.05) is 0 Å². The fourth-order valence-corrected chi connectivity index (χ4v) is 2.54. The number of ether oxygens (including phenoxy) is 1. The third-order valence-electron chi connectivity index (χ3n) is 4.33. The molecule has 3 aromatic rings. The summed E-state index contributed by atoms with van der Waals surface area (Å²) < 4.78 is 7.74. The molecule has 0 bridgehead atoms. The number of pyridine rings is 1. The Hall–Kier alpha value is -2.66. The zero-order valence-corrected chi connectivity index (χ0v) is 14.7. The smallest absolute Gasteiger partial charge is 0.130 e. The molecule has 0 saturated heterocycles. The summed E-state index contributed by atoms with van der Waals surface area (Å²) >= 11 is 0. The van der Waals surface area contributed by atoms with Gasteiger partial charge in [0.05, 0.1) is 11.7 Å². The Kier molecular flexibility index (Phi) is 5.80. The molecule has 0 aliphatic heterocycles. The Bertz CT molecular complexity index is 741. The first-order chi connectivity index (χ1) is 12.2. The van der Waals surface area contributed by atoms with Crippen LogP contribution >= 0.6 is 0 Å². The van der Waals surface area contributed by atoms with Crippen molar-refractivity contribution in [1.82, 2.24) is 20.1 Å². The van der Waals surface area contributed by atoms with Gasteiger partial charge in [0.25, 0.3) is 0 Å². The van der Waals surface area contributed by atoms with E-state index in [0.717, 1.165) is 18.0 Å². The van der Waals surface area contributed by atoms with Gasteiger partial charge in [-0.05, 0) is 49.7 Å². The lowest BCUT2D eigenvalue weighted by atomic mass is 10.1. The maximum atomic E-state index is 5.77. The molecule has 0 amide bonds. The molecule has 0 spiro atoms. The van der Waals surface area contributed by atoms with Crippen molar-refractivity contribution in [2.45, 2.75) is 39.1 Å². The van der Waals surface area contributed by atoms with Gasteiger partial charge in [-0.15, -0.1) is 0 Å². The molecule has 0 aliphatic carbocycles. The molecule has 0 fully saturated rings. The zero-order valence-electron chi connectivity index (χ0n) is 14.7. The first-order valence-corrected chi connectivity index (χ1v) is 8.56. The van der Waals surface area contributed by atoms with Crippen molar-refractivity contribution in [1.29, 1.82) is 0 Å². The first-order valence-electron chi connectivity index (χ1n) is 8.56. The molecule has 0 unspecified atom stereocenters. The van der Waals surface area contributed by atoms with Crippen LogP contribution in [0.3, 0.4) is 0 Å². The van der Waals surface area contributed by atoms with Crippen molar-refractivity contribution >= 4 is 0 Å². The van der Waals surface area contributed by atoms with Gasteiger partial charge in [-0.2, -0.15) is 5.10 Å². The number of hydrogen-bond acceptors (Lipinski definition) is 4. The average molecular weight is 336 g/mol. The van der Waals surface area contributed by atoms with E-state index in [-0.39, 0.29) is 0 Å². The highest BCUT2D eigenvalue weighted by atomic mass is 16.5. The normalized spacial score (nSPS) is 13.4. The summed E-state index contributed by atoms with van der Waals surface area (Å²) in [4.78, 5) is 4.26. The Labute approximate surface area is 148 Å². The van der Waals surface area contributed by atoms with Crippen LogP contribution in [0.4, 0.5) is 0 Å². The van der Waals surface area contributed by atoms with Crippen molar-refractivity contribution < 1.29 is 4.74 Å². The highest BCUT2D eigenvalue weighted by Gasteiger charge is 2.13. The van der Waals surface area contributed by atoms with Crippen LogP contribution in [0.15, 0.2) is 67.1 Å². The van der Waals surface area contributed by atoms with Gasteiger partial charge < -0.3 is 10.1 Å². The minimum absolute atomic E-state index is 0.302. The standard InChI is InChI=1S/C20H24N4O/c1-16(17(2)24-13-5-12-23-24)22-14-18-7-9-20(10-8-18)25-15-19-6-3-4-11-21-19/h3-13,16-17,22H,14-15H2,1-2H3/t16-,17+/m0/s1. The SMILES string of the molecule is C[C@H](NCc1ccc(OCc2ccccn2)cc1)[C@@H](C)n1cccn1. The Morgan fingerprint density at radius 2 is 1.88 bits per heavy atom. The summed E-state index contributed by atoms with van der Waals surface area (Å²) in [6, 6.07) is 16.6. The van der Waals surface area contributed by atoms with E-state index >= 15 is 0 Å². The Balaban J connectivity index is 1.47. The van der Waals surface area contributed by atoms with Gasteiger partial charge in [0.15, 0.2) is 0 Å². The molecule has 25 heavy (non-hydrogen) atoms. The lowest BCUT2D eigenvalue weighted by Gasteiger charge is -2.22. The second-order valence-corrected chi connectivity index (χ2v) is 6.15. The average Bonchev–Trinajstić information content (AvgIpc) is 3.20. The van der Waals surface area contributed by atoms with Crippen LogP contribution < -0.4 is 10.1 Å². The van der Waals surface area contributed by atoms with E-state index in [1.54, 1.807) is 6.20 Å². The summed E-state index contributed by atoms with van der Waals surface area (Å²) in [5, 5.41) is 7.86. The number of benzene rings is 1. The van der Waals surface area contributed by atoms with E-state index in [9.17, 15) is 0 Å². The Morgan fingerprint density at radius 1 is 1.04 bits per heavy atom. The highest BCUT2D eigenvalue weighted by molar-refractivity contribution is 5.27. The molecule has 130 valence electrons. The molecule has 2 heterocycles. The molecular formula is C20H24N4O. The van der Waals surface area contributed by atoms with E-state index < -0.39 is 0 Å². The molecule has 0 radical (unpaired) electrons. The van der Waals surface area contributed by atoms with Gasteiger partial charge in [-0.25, -0.2) is 0 Å². The van der Waals surface area contributed by atoms with Crippen LogP contribution in [0.2, 0.25) is 0 Å². The van der Waals surface area contributed by atoms with Crippen LogP contribution in [0.1, 0.15) is 31.1 Å². The van der Waals surface area contributed by atoms with Gasteiger partial charge in [0.1, 0.15) is 12.4 Å². The predicted octanol–water partition coefficient (Wildman–Crippen LogP) is 3.60. The Morgan fingerprint density at radius 3 is 2.56 bits per heavy atom. The van der Waals surface area contributed by atoms with Crippen molar-refractivity contribution in [2.24, 2.45) is 0 Å². The van der Waals surface area contributed by atoms with Gasteiger partial charge in [0.2, 0.25) is 0 Å². The lowest BCUT2D eigenvalue weighted by Crippen LogP contribution is -2.33. The molecular weight excluding hydrogens is 312 g/mol. The van der Waals surface area contributed by atoms with E-state index in [0.29, 0.717) is 18.7 Å². The second kappa shape index (κ2) is 8.44. The van der Waals surface area contributed by atoms with Crippen LogP contribution in [0.25, 0.3) is 0 Å². The van der Waals surface area contributed by atoms with E-state index in [4.69, 9.17) is 4.74 Å². The topological polar surface area (TPSA) is 52.0 Å². The molecule has 5 heteroatoms. The first kappa shape index (κ1) is 17.2. The van der Waals surface area contributed by atoms with Gasteiger partial charge in [0, 0.05) is 31.2 Å². The van der Waals surface area contributed by atoms with E-state index in [2.05, 4.69) is 41.4 Å². The summed E-state index contributed by atoms with van der Waals surface area (Å²) in [6.45, 7) is 5.64. The number of hydrogen-bond donors (Lipinski definition) is 1. The quantitative estimate of drug-likeness (QED) is 0.683. The number of nitrogens with one attached hydrogen (secondary N) is 1. The molecule has 2 aromatic heterocycles. The van der Waals surface area contributed by atoms with Crippen molar-refractivity contribution in [3.63, 3.8) is 0 Å². The fraction of sp³-hybridized carbons (Fsp3) is 0.300. The number of aromatic nitrogens is 3. The maximum absolute atomic E-state index is 5.77. The summed E-state index contributed by atoms with van der Waals surface area (Å²) in [5.41, 5.74) is 2.15. The van der Waals surface area contributed by atoms with Gasteiger partial charge in [-0.1, -0.05) is 18.2 Å². The molecule has 3 rings (SSSR count). The molecule has 0 saturated carbocycles. The number of rotatable bonds is 8. The monoisotopic (exact) mass is 336 g/mol. The molecule has 1 N–H and O–H groups in total. The summed E-state index contributed by atoms with van der Waals surface area (Å²) in [5.74, 6) is 0.854. The fourth-order valence-electron chi connectivity index (χ4n) is 2.54. The molecule has 5 nitrogen and oxygen atoms in total. The zero-order chi connectivity index (χ0) is 17.5. The second-order valence-electron chi connectivity index (χ2n) is 6.15. The van der Waals surface area contributed by atoms with Crippen LogP contribution in [0.5, 0.6) is 5.75 Å². The third-order valence-corrected chi connectivity index (χ3v) is 4.33. The van der Waals surface area contributed by atoms with Crippen molar-refractivity contribution in [3.8, 4) is 5.75 Å². The van der Waals surface area contributed by atoms with Crippen LogP contribution in [-0.2, 0) is 13.2 Å². The van der Waals surface area contributed by atoms with Gasteiger partial charge >= 0.3 is 0 Å². The van der Waals surface area contributed by atoms with Crippen molar-refractivity contribution in [3.05, 3.63) is 78.4 Å². The maximum Gasteiger partial charge on any atom is 0.130 e. The minimum atomic E-state index is 0.302. The number of nitrogens with zero attached hydrogens (tertiary/aromatic N) is 3. The van der Waals surface area contributed by atoms with Crippen LogP contribution in [-0.4, -0.2) is 20.8 Å².